The molecule has 0 aliphatic heterocycles. The van der Waals surface area contributed by atoms with Crippen molar-refractivity contribution >= 4 is 0 Å². The molecule has 0 aromatic rings. The molecule has 0 aromatic carbocycles. The van der Waals surface area contributed by atoms with Crippen molar-refractivity contribution in [3.8, 4) is 0 Å². The third-order valence-electron chi connectivity index (χ3n) is 0.612. The molecule has 7 heavy (non-hydrogen) atoms. The van der Waals surface area contributed by atoms with Crippen molar-refractivity contribution in [2.75, 3.05) is 0 Å². The topological polar surface area (TPSA) is 0 Å². The molecule has 0 saturated carbocycles. The van der Waals surface area contributed by atoms with E-state index >= 15 is 0 Å². The fourth-order valence-corrected chi connectivity index (χ4v) is 0. The summed E-state index contributed by atoms with van der Waals surface area (Å²) in [6.07, 6.45) is 1.94. The van der Waals surface area contributed by atoms with Crippen molar-refractivity contribution in [1.29, 1.82) is 0 Å². The molecule has 0 N–H and O–H groups in total. The molecule has 47 valence electrons. The third kappa shape index (κ3) is 10.7. The Morgan fingerprint density at radius 3 is 1.43 bits per heavy atom. The molecular weight excluding hydrogens is 136 g/mol. The first-order valence-electron chi connectivity index (χ1n) is 2.20. The van der Waals surface area contributed by atoms with Gasteiger partial charge in [0.05, 0.1) is 0 Å². The predicted octanol–water partition coefficient (Wildman–Crippen LogP) is 2.22. The Hall–Kier alpha value is 0.259. The van der Waals surface area contributed by atoms with Gasteiger partial charge in [0.15, 0.2) is 0 Å². The van der Waals surface area contributed by atoms with Gasteiger partial charge in [-0.05, 0) is 5.41 Å². The van der Waals surface area contributed by atoms with E-state index in [-0.39, 0.29) is 17.1 Å². The van der Waals surface area contributed by atoms with E-state index in [4.69, 9.17) is 0 Å². The standard InChI is InChI=1S/C6H12.Cu/c1-5-6(2,3)4;/h5H,1H2,2-4H3;. The van der Waals surface area contributed by atoms with Gasteiger partial charge in [0, 0.05) is 17.1 Å². The van der Waals surface area contributed by atoms with Crippen molar-refractivity contribution < 1.29 is 17.1 Å². The van der Waals surface area contributed by atoms with Crippen LogP contribution in [0.25, 0.3) is 0 Å². The van der Waals surface area contributed by atoms with Gasteiger partial charge < -0.3 is 0 Å². The van der Waals surface area contributed by atoms with Crippen molar-refractivity contribution in [2.24, 2.45) is 5.41 Å². The summed E-state index contributed by atoms with van der Waals surface area (Å²) in [5.41, 5.74) is 0.306. The van der Waals surface area contributed by atoms with E-state index in [9.17, 15) is 0 Å². The van der Waals surface area contributed by atoms with Gasteiger partial charge in [0.2, 0.25) is 0 Å². The molecule has 0 aliphatic carbocycles. The van der Waals surface area contributed by atoms with Crippen molar-refractivity contribution in [2.45, 2.75) is 20.8 Å². The SMILES string of the molecule is C=CC(C)(C)C.[Cu]. The van der Waals surface area contributed by atoms with Gasteiger partial charge in [-0.1, -0.05) is 26.8 Å². The van der Waals surface area contributed by atoms with Crippen molar-refractivity contribution in [3.05, 3.63) is 12.7 Å². The van der Waals surface area contributed by atoms with Gasteiger partial charge in [0.1, 0.15) is 0 Å². The number of rotatable bonds is 0. The Kier molecular flexibility index (Phi) is 4.83. The van der Waals surface area contributed by atoms with Gasteiger partial charge in [0.25, 0.3) is 0 Å². The summed E-state index contributed by atoms with van der Waals surface area (Å²) in [6, 6.07) is 0. The maximum absolute atomic E-state index is 3.63. The summed E-state index contributed by atoms with van der Waals surface area (Å²) < 4.78 is 0. The van der Waals surface area contributed by atoms with Crippen LogP contribution in [-0.2, 0) is 17.1 Å². The maximum Gasteiger partial charge on any atom is 0 e. The van der Waals surface area contributed by atoms with E-state index in [1.54, 1.807) is 0 Å². The fraction of sp³-hybridized carbons (Fsp3) is 0.667. The Balaban J connectivity index is 0. The Bertz CT molecular complexity index is 49.7. The summed E-state index contributed by atoms with van der Waals surface area (Å²) in [5, 5.41) is 0. The van der Waals surface area contributed by atoms with E-state index < -0.39 is 0 Å². The van der Waals surface area contributed by atoms with Crippen LogP contribution in [0, 0.1) is 5.41 Å². The molecule has 0 atom stereocenters. The molecular formula is C6H12Cu. The molecule has 0 rings (SSSR count). The van der Waals surface area contributed by atoms with Crippen LogP contribution < -0.4 is 0 Å². The van der Waals surface area contributed by atoms with Crippen LogP contribution in [0.5, 0.6) is 0 Å². The van der Waals surface area contributed by atoms with Crippen molar-refractivity contribution in [3.63, 3.8) is 0 Å². The first-order chi connectivity index (χ1) is 2.56. The fourth-order valence-electron chi connectivity index (χ4n) is 0. The number of allylic oxidation sites excluding steroid dienone is 1. The van der Waals surface area contributed by atoms with Crippen LogP contribution in [0.1, 0.15) is 20.8 Å². The van der Waals surface area contributed by atoms with Crippen LogP contribution in [-0.4, -0.2) is 0 Å². The first-order valence-corrected chi connectivity index (χ1v) is 2.20. The molecule has 0 aliphatic rings. The van der Waals surface area contributed by atoms with Crippen LogP contribution in [0.2, 0.25) is 0 Å². The van der Waals surface area contributed by atoms with Crippen LogP contribution in [0.3, 0.4) is 0 Å². The molecule has 0 unspecified atom stereocenters. The summed E-state index contributed by atoms with van der Waals surface area (Å²) in [5.74, 6) is 0. The Labute approximate surface area is 56.5 Å². The first kappa shape index (κ1) is 10.3. The molecule has 1 heteroatoms. The summed E-state index contributed by atoms with van der Waals surface area (Å²) in [7, 11) is 0. The second kappa shape index (κ2) is 3.29. The van der Waals surface area contributed by atoms with Gasteiger partial charge in [-0.3, -0.25) is 0 Å². The van der Waals surface area contributed by atoms with E-state index in [1.165, 1.54) is 0 Å². The molecule has 0 fully saturated rings. The Morgan fingerprint density at radius 2 is 1.43 bits per heavy atom. The number of hydrogen-bond acceptors (Lipinski definition) is 0. The van der Waals surface area contributed by atoms with Crippen LogP contribution in [0.15, 0.2) is 12.7 Å². The monoisotopic (exact) mass is 147 g/mol. The predicted molar refractivity (Wildman–Crippen MR) is 29.7 cm³/mol. The molecule has 0 bridgehead atoms. The Morgan fingerprint density at radius 1 is 1.29 bits per heavy atom. The molecule has 0 heterocycles. The normalized spacial score (nSPS) is 9.57. The second-order valence-electron chi connectivity index (χ2n) is 2.57. The largest absolute Gasteiger partial charge is 0.103 e. The number of hydrogen-bond donors (Lipinski definition) is 0. The quantitative estimate of drug-likeness (QED) is 0.364. The van der Waals surface area contributed by atoms with Crippen LogP contribution in [0.4, 0.5) is 0 Å². The van der Waals surface area contributed by atoms with E-state index in [1.807, 2.05) is 6.08 Å². The third-order valence-corrected chi connectivity index (χ3v) is 0.612. The molecule has 1 radical (unpaired) electrons. The molecule has 0 nitrogen and oxygen atoms in total. The van der Waals surface area contributed by atoms with Gasteiger partial charge in [-0.15, -0.1) is 6.58 Å². The van der Waals surface area contributed by atoms with Crippen LogP contribution >= 0.6 is 0 Å². The molecule has 0 aromatic heterocycles. The van der Waals surface area contributed by atoms with Gasteiger partial charge >= 0.3 is 0 Å². The summed E-state index contributed by atoms with van der Waals surface area (Å²) >= 11 is 0. The summed E-state index contributed by atoms with van der Waals surface area (Å²) in [6.45, 7) is 10.0. The molecule has 0 spiro atoms. The maximum atomic E-state index is 3.63. The van der Waals surface area contributed by atoms with E-state index in [0.29, 0.717) is 5.41 Å². The van der Waals surface area contributed by atoms with Crippen molar-refractivity contribution in [1.82, 2.24) is 0 Å². The zero-order valence-electron chi connectivity index (χ0n) is 5.09. The zero-order chi connectivity index (χ0) is 5.21. The van der Waals surface area contributed by atoms with Gasteiger partial charge in [-0.2, -0.15) is 0 Å². The van der Waals surface area contributed by atoms with Gasteiger partial charge in [-0.25, -0.2) is 0 Å². The smallest absolute Gasteiger partial charge is 0 e. The average Bonchev–Trinajstić information content (AvgIpc) is 1.35. The average molecular weight is 148 g/mol. The van der Waals surface area contributed by atoms with E-state index in [2.05, 4.69) is 27.4 Å². The zero-order valence-corrected chi connectivity index (χ0v) is 6.03. The van der Waals surface area contributed by atoms with E-state index in [0.717, 1.165) is 0 Å². The minimum Gasteiger partial charge on any atom is -0.103 e. The summed E-state index contributed by atoms with van der Waals surface area (Å²) in [4.78, 5) is 0. The minimum absolute atomic E-state index is 0. The minimum atomic E-state index is 0. The second-order valence-corrected chi connectivity index (χ2v) is 2.57. The molecule has 0 amide bonds. The molecule has 0 saturated heterocycles.